The van der Waals surface area contributed by atoms with Crippen molar-refractivity contribution >= 4 is 11.8 Å². The topological polar surface area (TPSA) is 58.6 Å². The average molecular weight is 298 g/mol. The van der Waals surface area contributed by atoms with Crippen LogP contribution in [0.4, 0.5) is 0 Å². The van der Waals surface area contributed by atoms with E-state index in [2.05, 4.69) is 19.2 Å². The molecule has 2 unspecified atom stereocenters. The molecule has 5 heteroatoms. The monoisotopic (exact) mass is 298 g/mol. The van der Waals surface area contributed by atoms with Crippen LogP contribution in [0.25, 0.3) is 0 Å². The number of nitrogens with one attached hydrogen (secondary N) is 1. The number of methoxy groups -OCH3 is 1. The number of hydrogen-bond donors (Lipinski definition) is 1. The van der Waals surface area contributed by atoms with E-state index in [1.165, 1.54) is 0 Å². The summed E-state index contributed by atoms with van der Waals surface area (Å²) in [5.74, 6) is 0.410. The highest BCUT2D eigenvalue weighted by Crippen LogP contribution is 2.27. The number of nitrogens with zero attached hydrogens (tertiary/aromatic N) is 1. The van der Waals surface area contributed by atoms with Gasteiger partial charge >= 0.3 is 0 Å². The molecule has 0 saturated carbocycles. The summed E-state index contributed by atoms with van der Waals surface area (Å²) in [6.45, 7) is 9.26. The smallest absolute Gasteiger partial charge is 0.246 e. The number of ether oxygens (including phenoxy) is 1. The number of carbonyl (C=O) groups is 2. The molecule has 0 aromatic carbocycles. The zero-order chi connectivity index (χ0) is 16.0. The molecule has 1 fully saturated rings. The molecule has 0 aromatic heterocycles. The molecule has 1 heterocycles. The first-order chi connectivity index (χ1) is 9.86. The first kappa shape index (κ1) is 18.0. The minimum atomic E-state index is -0.725. The van der Waals surface area contributed by atoms with Gasteiger partial charge in [-0.3, -0.25) is 9.59 Å². The van der Waals surface area contributed by atoms with Gasteiger partial charge < -0.3 is 15.0 Å². The van der Waals surface area contributed by atoms with Crippen LogP contribution in [0.1, 0.15) is 53.4 Å². The Labute approximate surface area is 128 Å². The number of hydrogen-bond acceptors (Lipinski definition) is 3. The van der Waals surface area contributed by atoms with Crippen LogP contribution < -0.4 is 5.32 Å². The van der Waals surface area contributed by atoms with Gasteiger partial charge in [0.1, 0.15) is 11.6 Å². The van der Waals surface area contributed by atoms with Gasteiger partial charge in [0, 0.05) is 20.3 Å². The van der Waals surface area contributed by atoms with Crippen LogP contribution in [0.3, 0.4) is 0 Å². The Balaban J connectivity index is 2.83. The van der Waals surface area contributed by atoms with E-state index in [1.54, 1.807) is 12.0 Å². The number of carbonyl (C=O) groups excluding carboxylic acids is 2. The lowest BCUT2D eigenvalue weighted by Gasteiger charge is -2.46. The maximum atomic E-state index is 12.7. The Kier molecular flexibility index (Phi) is 6.65. The molecule has 1 aliphatic rings. The molecule has 2 atom stereocenters. The Bertz CT molecular complexity index is 371. The highest BCUT2D eigenvalue weighted by molar-refractivity contribution is 5.99. The second-order valence-corrected chi connectivity index (χ2v) is 6.47. The summed E-state index contributed by atoms with van der Waals surface area (Å²) >= 11 is 0. The number of unbranched alkanes of at least 4 members (excludes halogenated alkanes) is 1. The Morgan fingerprint density at radius 2 is 2.00 bits per heavy atom. The number of amides is 2. The van der Waals surface area contributed by atoms with Gasteiger partial charge in [-0.1, -0.05) is 20.8 Å². The normalized spacial score (nSPS) is 26.4. The van der Waals surface area contributed by atoms with Gasteiger partial charge in [0.25, 0.3) is 0 Å². The van der Waals surface area contributed by atoms with Gasteiger partial charge in [0.05, 0.1) is 0 Å². The molecule has 0 spiro atoms. The fraction of sp³-hybridized carbons (Fsp3) is 0.875. The summed E-state index contributed by atoms with van der Waals surface area (Å²) in [5.41, 5.74) is -0.725. The summed E-state index contributed by atoms with van der Waals surface area (Å²) in [7, 11) is 1.67. The standard InChI is InChI=1S/C16H30N2O3/c1-6-16(4)15(20)17-13(11-12(2)3)14(19)18(16)9-7-8-10-21-5/h12-13H,6-11H2,1-5H3,(H,17,20). The van der Waals surface area contributed by atoms with Crippen molar-refractivity contribution in [3.05, 3.63) is 0 Å². The van der Waals surface area contributed by atoms with E-state index in [0.717, 1.165) is 12.8 Å². The molecule has 2 amide bonds. The lowest BCUT2D eigenvalue weighted by Crippen LogP contribution is -2.69. The van der Waals surface area contributed by atoms with Gasteiger partial charge in [0.15, 0.2) is 0 Å². The largest absolute Gasteiger partial charge is 0.385 e. The fourth-order valence-electron chi connectivity index (χ4n) is 2.79. The molecule has 21 heavy (non-hydrogen) atoms. The molecule has 122 valence electrons. The molecular weight excluding hydrogens is 268 g/mol. The predicted octanol–water partition coefficient (Wildman–Crippen LogP) is 1.95. The van der Waals surface area contributed by atoms with Gasteiger partial charge in [-0.2, -0.15) is 0 Å². The molecule has 0 radical (unpaired) electrons. The molecule has 1 rings (SSSR count). The average Bonchev–Trinajstić information content (AvgIpc) is 2.43. The molecule has 1 N–H and O–H groups in total. The summed E-state index contributed by atoms with van der Waals surface area (Å²) in [5, 5.41) is 2.92. The zero-order valence-corrected chi connectivity index (χ0v) is 14.1. The van der Waals surface area contributed by atoms with E-state index in [9.17, 15) is 9.59 Å². The van der Waals surface area contributed by atoms with Crippen LogP contribution in [0.5, 0.6) is 0 Å². The van der Waals surface area contributed by atoms with Crippen molar-refractivity contribution in [2.24, 2.45) is 5.92 Å². The molecule has 0 aromatic rings. The minimum absolute atomic E-state index is 0.0259. The van der Waals surface area contributed by atoms with Gasteiger partial charge in [-0.15, -0.1) is 0 Å². The van der Waals surface area contributed by atoms with E-state index in [-0.39, 0.29) is 17.9 Å². The zero-order valence-electron chi connectivity index (χ0n) is 14.1. The molecule has 0 aliphatic carbocycles. The summed E-state index contributed by atoms with van der Waals surface area (Å²) < 4.78 is 5.05. The maximum Gasteiger partial charge on any atom is 0.246 e. The van der Waals surface area contributed by atoms with E-state index in [0.29, 0.717) is 31.9 Å². The van der Waals surface area contributed by atoms with E-state index < -0.39 is 5.54 Å². The Hall–Kier alpha value is -1.10. The molecular formula is C16H30N2O3. The van der Waals surface area contributed by atoms with Crippen molar-refractivity contribution in [2.75, 3.05) is 20.3 Å². The molecule has 1 saturated heterocycles. The highest BCUT2D eigenvalue weighted by atomic mass is 16.5. The van der Waals surface area contributed by atoms with E-state index in [4.69, 9.17) is 4.74 Å². The summed E-state index contributed by atoms with van der Waals surface area (Å²) in [4.78, 5) is 27.0. The molecule has 0 bridgehead atoms. The Morgan fingerprint density at radius 1 is 1.33 bits per heavy atom. The van der Waals surface area contributed by atoms with E-state index in [1.807, 2.05) is 13.8 Å². The second-order valence-electron chi connectivity index (χ2n) is 6.47. The van der Waals surface area contributed by atoms with Crippen molar-refractivity contribution in [3.8, 4) is 0 Å². The predicted molar refractivity (Wildman–Crippen MR) is 82.9 cm³/mol. The molecule has 5 nitrogen and oxygen atoms in total. The van der Waals surface area contributed by atoms with Crippen molar-refractivity contribution in [1.29, 1.82) is 0 Å². The van der Waals surface area contributed by atoms with Crippen LogP contribution in [0, 0.1) is 5.92 Å². The summed E-state index contributed by atoms with van der Waals surface area (Å²) in [6.07, 6.45) is 3.08. The lowest BCUT2D eigenvalue weighted by molar-refractivity contribution is -0.157. The van der Waals surface area contributed by atoms with Crippen LogP contribution in [-0.4, -0.2) is 48.6 Å². The lowest BCUT2D eigenvalue weighted by atomic mass is 9.88. The van der Waals surface area contributed by atoms with Gasteiger partial charge in [-0.25, -0.2) is 0 Å². The van der Waals surface area contributed by atoms with Gasteiger partial charge in [0.2, 0.25) is 11.8 Å². The van der Waals surface area contributed by atoms with Crippen LogP contribution >= 0.6 is 0 Å². The fourth-order valence-corrected chi connectivity index (χ4v) is 2.79. The van der Waals surface area contributed by atoms with Crippen molar-refractivity contribution in [1.82, 2.24) is 10.2 Å². The Morgan fingerprint density at radius 3 is 2.52 bits per heavy atom. The minimum Gasteiger partial charge on any atom is -0.385 e. The third-order valence-electron chi connectivity index (χ3n) is 4.33. The number of rotatable bonds is 8. The third-order valence-corrected chi connectivity index (χ3v) is 4.33. The maximum absolute atomic E-state index is 12.7. The van der Waals surface area contributed by atoms with E-state index >= 15 is 0 Å². The quantitative estimate of drug-likeness (QED) is 0.697. The van der Waals surface area contributed by atoms with Crippen LogP contribution in [-0.2, 0) is 14.3 Å². The SMILES string of the molecule is CCC1(C)C(=O)NC(CC(C)C)C(=O)N1CCCCOC. The van der Waals surface area contributed by atoms with Crippen LogP contribution in [0.2, 0.25) is 0 Å². The highest BCUT2D eigenvalue weighted by Gasteiger charge is 2.47. The summed E-state index contributed by atoms with van der Waals surface area (Å²) in [6, 6.07) is -0.375. The molecule has 1 aliphatic heterocycles. The van der Waals surface area contributed by atoms with Crippen molar-refractivity contribution in [2.45, 2.75) is 65.0 Å². The van der Waals surface area contributed by atoms with Gasteiger partial charge in [-0.05, 0) is 38.5 Å². The van der Waals surface area contributed by atoms with Crippen molar-refractivity contribution in [3.63, 3.8) is 0 Å². The second kappa shape index (κ2) is 7.78. The number of piperazine rings is 1. The first-order valence-electron chi connectivity index (χ1n) is 7.98. The third kappa shape index (κ3) is 4.19. The van der Waals surface area contributed by atoms with Crippen molar-refractivity contribution < 1.29 is 14.3 Å². The first-order valence-corrected chi connectivity index (χ1v) is 7.98. The van der Waals surface area contributed by atoms with Crippen LogP contribution in [0.15, 0.2) is 0 Å².